The van der Waals surface area contributed by atoms with Crippen molar-refractivity contribution in [3.8, 4) is 0 Å². The van der Waals surface area contributed by atoms with Crippen LogP contribution in [0.2, 0.25) is 0 Å². The molecule has 1 aliphatic rings. The van der Waals surface area contributed by atoms with Crippen molar-refractivity contribution in [3.05, 3.63) is 66.2 Å². The second kappa shape index (κ2) is 6.74. The predicted octanol–water partition coefficient (Wildman–Crippen LogP) is 2.57. The van der Waals surface area contributed by atoms with E-state index in [9.17, 15) is 16.8 Å². The van der Waals surface area contributed by atoms with Crippen molar-refractivity contribution in [2.45, 2.75) is 16.2 Å². The quantitative estimate of drug-likeness (QED) is 0.821. The number of nitrogens with zero attached hydrogens (tertiary/aromatic N) is 1. The van der Waals surface area contributed by atoms with Gasteiger partial charge in [-0.1, -0.05) is 36.4 Å². The second-order valence-electron chi connectivity index (χ2n) is 5.95. The lowest BCUT2D eigenvalue weighted by Gasteiger charge is -2.26. The molecule has 2 aromatic rings. The van der Waals surface area contributed by atoms with Crippen LogP contribution in [-0.4, -0.2) is 40.5 Å². The average molecular weight is 377 g/mol. The van der Waals surface area contributed by atoms with Gasteiger partial charge in [-0.05, 0) is 41.8 Å². The zero-order valence-corrected chi connectivity index (χ0v) is 15.4. The Balaban J connectivity index is 1.81. The zero-order valence-electron chi connectivity index (χ0n) is 13.8. The fourth-order valence-electron chi connectivity index (χ4n) is 2.79. The molecule has 0 atom stereocenters. The number of hydrogen-bond donors (Lipinski definition) is 0. The van der Waals surface area contributed by atoms with Crippen molar-refractivity contribution in [1.29, 1.82) is 0 Å². The molecule has 25 heavy (non-hydrogen) atoms. The number of sulfonamides is 1. The van der Waals surface area contributed by atoms with E-state index in [-0.39, 0.29) is 9.79 Å². The minimum Gasteiger partial charge on any atom is -0.224 e. The monoisotopic (exact) mass is 377 g/mol. The molecular formula is C18H19NO4S2. The van der Waals surface area contributed by atoms with E-state index >= 15 is 0 Å². The molecule has 0 N–H and O–H groups in total. The van der Waals surface area contributed by atoms with Crippen LogP contribution in [-0.2, 0) is 19.9 Å². The number of hydrogen-bond acceptors (Lipinski definition) is 4. The molecule has 0 unspecified atom stereocenters. The molecule has 2 aromatic carbocycles. The first-order valence-corrected chi connectivity index (χ1v) is 11.2. The van der Waals surface area contributed by atoms with Crippen LogP contribution in [0.3, 0.4) is 0 Å². The largest absolute Gasteiger partial charge is 0.243 e. The van der Waals surface area contributed by atoms with Crippen LogP contribution in [0.1, 0.15) is 12.0 Å². The summed E-state index contributed by atoms with van der Waals surface area (Å²) < 4.78 is 49.9. The Bertz CT molecular complexity index is 993. The summed E-state index contributed by atoms with van der Waals surface area (Å²) in [6.07, 6.45) is 3.67. The van der Waals surface area contributed by atoms with Gasteiger partial charge in [-0.2, -0.15) is 4.31 Å². The van der Waals surface area contributed by atoms with Crippen LogP contribution in [0.15, 0.2) is 70.5 Å². The molecule has 0 amide bonds. The molecule has 0 aromatic heterocycles. The highest BCUT2D eigenvalue weighted by Crippen LogP contribution is 2.26. The van der Waals surface area contributed by atoms with Gasteiger partial charge in [-0.15, -0.1) is 0 Å². The van der Waals surface area contributed by atoms with Crippen LogP contribution in [0.5, 0.6) is 0 Å². The first-order chi connectivity index (χ1) is 11.8. The topological polar surface area (TPSA) is 71.5 Å². The van der Waals surface area contributed by atoms with Gasteiger partial charge in [0, 0.05) is 19.3 Å². The summed E-state index contributed by atoms with van der Waals surface area (Å²) in [5.74, 6) is 0. The number of benzene rings is 2. The summed E-state index contributed by atoms with van der Waals surface area (Å²) in [6.45, 7) is 0.706. The summed E-state index contributed by atoms with van der Waals surface area (Å²) in [7, 11) is -6.98. The first-order valence-electron chi connectivity index (χ1n) is 7.83. The number of sulfone groups is 1. The molecule has 0 saturated carbocycles. The van der Waals surface area contributed by atoms with Crippen molar-refractivity contribution in [2.75, 3.05) is 19.3 Å². The Hall–Kier alpha value is -1.96. The minimum atomic E-state index is -3.64. The Morgan fingerprint density at radius 1 is 0.840 bits per heavy atom. The van der Waals surface area contributed by atoms with Gasteiger partial charge >= 0.3 is 0 Å². The van der Waals surface area contributed by atoms with Gasteiger partial charge in [-0.25, -0.2) is 16.8 Å². The molecule has 1 heterocycles. The number of rotatable bonds is 4. The van der Waals surface area contributed by atoms with E-state index in [4.69, 9.17) is 0 Å². The Morgan fingerprint density at radius 3 is 1.96 bits per heavy atom. The standard InChI is InChI=1S/C18H19NO4S2/c1-24(20,21)17-7-9-18(10-8-17)25(22,23)19-13-11-16(12-14-19)15-5-3-2-4-6-15/h2-11H,12-14H2,1H3. The molecule has 132 valence electrons. The van der Waals surface area contributed by atoms with E-state index in [1.807, 2.05) is 36.4 Å². The molecule has 0 bridgehead atoms. The van der Waals surface area contributed by atoms with E-state index < -0.39 is 19.9 Å². The first kappa shape index (κ1) is 17.8. The van der Waals surface area contributed by atoms with Gasteiger partial charge < -0.3 is 0 Å². The van der Waals surface area contributed by atoms with Crippen LogP contribution in [0, 0.1) is 0 Å². The van der Waals surface area contributed by atoms with Crippen molar-refractivity contribution < 1.29 is 16.8 Å². The normalized spacial score (nSPS) is 16.4. The van der Waals surface area contributed by atoms with Crippen molar-refractivity contribution in [3.63, 3.8) is 0 Å². The van der Waals surface area contributed by atoms with Crippen molar-refractivity contribution in [2.24, 2.45) is 0 Å². The fourth-order valence-corrected chi connectivity index (χ4v) is 4.80. The molecule has 0 spiro atoms. The highest BCUT2D eigenvalue weighted by molar-refractivity contribution is 7.90. The molecule has 1 aliphatic heterocycles. The molecule has 0 aliphatic carbocycles. The smallest absolute Gasteiger partial charge is 0.224 e. The summed E-state index contributed by atoms with van der Waals surface area (Å²) in [5, 5.41) is 0. The maximum atomic E-state index is 12.7. The molecule has 0 saturated heterocycles. The predicted molar refractivity (Wildman–Crippen MR) is 97.3 cm³/mol. The molecule has 3 rings (SSSR count). The lowest BCUT2D eigenvalue weighted by molar-refractivity contribution is 0.441. The molecule has 0 radical (unpaired) electrons. The van der Waals surface area contributed by atoms with Gasteiger partial charge in [0.2, 0.25) is 10.0 Å². The van der Waals surface area contributed by atoms with Crippen molar-refractivity contribution in [1.82, 2.24) is 4.31 Å². The Morgan fingerprint density at radius 2 is 1.44 bits per heavy atom. The minimum absolute atomic E-state index is 0.108. The van der Waals surface area contributed by atoms with E-state index in [1.165, 1.54) is 28.6 Å². The third-order valence-corrected chi connectivity index (χ3v) is 7.21. The molecule has 5 nitrogen and oxygen atoms in total. The van der Waals surface area contributed by atoms with Crippen molar-refractivity contribution >= 4 is 25.4 Å². The third-order valence-electron chi connectivity index (χ3n) is 4.21. The maximum absolute atomic E-state index is 12.7. The van der Waals surface area contributed by atoms with Crippen LogP contribution >= 0.6 is 0 Å². The van der Waals surface area contributed by atoms with E-state index in [0.717, 1.165) is 17.4 Å². The van der Waals surface area contributed by atoms with Gasteiger partial charge in [0.25, 0.3) is 0 Å². The summed E-state index contributed by atoms with van der Waals surface area (Å²) in [4.78, 5) is 0.216. The molecular weight excluding hydrogens is 358 g/mol. The Labute approximate surface area is 148 Å². The Kier molecular flexibility index (Phi) is 4.81. The third kappa shape index (κ3) is 3.84. The zero-order chi connectivity index (χ0) is 18.1. The van der Waals surface area contributed by atoms with Gasteiger partial charge in [0.05, 0.1) is 9.79 Å². The summed E-state index contributed by atoms with van der Waals surface area (Å²) in [6, 6.07) is 15.3. The maximum Gasteiger partial charge on any atom is 0.243 e. The SMILES string of the molecule is CS(=O)(=O)c1ccc(S(=O)(=O)N2CC=C(c3ccccc3)CC2)cc1. The highest BCUT2D eigenvalue weighted by atomic mass is 32.2. The van der Waals surface area contributed by atoms with E-state index in [1.54, 1.807) is 0 Å². The molecule has 0 fully saturated rings. The summed E-state index contributed by atoms with van der Waals surface area (Å²) in [5.41, 5.74) is 2.25. The lowest BCUT2D eigenvalue weighted by Crippen LogP contribution is -2.34. The highest BCUT2D eigenvalue weighted by Gasteiger charge is 2.26. The van der Waals surface area contributed by atoms with Crippen LogP contribution < -0.4 is 0 Å². The summed E-state index contributed by atoms with van der Waals surface area (Å²) >= 11 is 0. The lowest BCUT2D eigenvalue weighted by atomic mass is 10.0. The fraction of sp³-hybridized carbons (Fsp3) is 0.222. The van der Waals surface area contributed by atoms with Crippen LogP contribution in [0.25, 0.3) is 5.57 Å². The average Bonchev–Trinajstić information content (AvgIpc) is 2.62. The van der Waals surface area contributed by atoms with Gasteiger partial charge in [-0.3, -0.25) is 0 Å². The molecule has 7 heteroatoms. The van der Waals surface area contributed by atoms with E-state index in [0.29, 0.717) is 19.5 Å². The van der Waals surface area contributed by atoms with Gasteiger partial charge in [0.1, 0.15) is 0 Å². The van der Waals surface area contributed by atoms with Gasteiger partial charge in [0.15, 0.2) is 9.84 Å². The van der Waals surface area contributed by atoms with Crippen LogP contribution in [0.4, 0.5) is 0 Å². The van der Waals surface area contributed by atoms with E-state index in [2.05, 4.69) is 0 Å². The second-order valence-corrected chi connectivity index (χ2v) is 9.91.